The molecule has 2 aromatic heterocycles. The third-order valence-corrected chi connectivity index (χ3v) is 2.56. The zero-order valence-corrected chi connectivity index (χ0v) is 7.82. The molecule has 0 aliphatic carbocycles. The molecule has 0 saturated heterocycles. The van der Waals surface area contributed by atoms with Crippen LogP contribution in [0, 0.1) is 0 Å². The van der Waals surface area contributed by atoms with Gasteiger partial charge in [-0.05, 0) is 17.5 Å². The molecule has 0 fully saturated rings. The van der Waals surface area contributed by atoms with Crippen LogP contribution in [0.15, 0.2) is 22.9 Å². The quantitative estimate of drug-likeness (QED) is 0.739. The zero-order valence-electron chi connectivity index (χ0n) is 6.25. The summed E-state index contributed by atoms with van der Waals surface area (Å²) in [5.74, 6) is 0.483. The molecule has 0 aromatic carbocycles. The predicted molar refractivity (Wildman–Crippen MR) is 51.5 cm³/mol. The summed E-state index contributed by atoms with van der Waals surface area (Å²) in [6, 6.07) is 4.01. The van der Waals surface area contributed by atoms with E-state index in [-0.39, 0.29) is 0 Å². The van der Waals surface area contributed by atoms with Crippen molar-refractivity contribution in [2.75, 3.05) is 0 Å². The van der Waals surface area contributed by atoms with E-state index >= 15 is 0 Å². The average Bonchev–Trinajstić information content (AvgIpc) is 2.75. The number of hydrogen-bond donors (Lipinski definition) is 1. The van der Waals surface area contributed by atoms with Crippen LogP contribution in [0.3, 0.4) is 0 Å². The Morgan fingerprint density at radius 1 is 1.58 bits per heavy atom. The van der Waals surface area contributed by atoms with Crippen LogP contribution >= 0.6 is 22.9 Å². The Kier molecular flexibility index (Phi) is 2.15. The highest BCUT2D eigenvalue weighted by molar-refractivity contribution is 7.08. The number of alkyl halides is 1. The third kappa shape index (κ3) is 1.38. The van der Waals surface area contributed by atoms with Crippen molar-refractivity contribution in [2.24, 2.45) is 0 Å². The first kappa shape index (κ1) is 7.83. The number of hydrogen-bond acceptors (Lipinski definition) is 2. The fourth-order valence-corrected chi connectivity index (χ4v) is 1.77. The van der Waals surface area contributed by atoms with Gasteiger partial charge in [-0.2, -0.15) is 16.4 Å². The lowest BCUT2D eigenvalue weighted by Gasteiger charge is -1.84. The van der Waals surface area contributed by atoms with E-state index in [0.29, 0.717) is 5.88 Å². The molecule has 0 saturated carbocycles. The molecule has 4 heteroatoms. The summed E-state index contributed by atoms with van der Waals surface area (Å²) in [5.41, 5.74) is 3.07. The van der Waals surface area contributed by atoms with Crippen molar-refractivity contribution in [2.45, 2.75) is 5.88 Å². The summed E-state index contributed by atoms with van der Waals surface area (Å²) in [6.07, 6.45) is 0. The summed E-state index contributed by atoms with van der Waals surface area (Å²) >= 11 is 7.30. The van der Waals surface area contributed by atoms with Crippen LogP contribution in [0.5, 0.6) is 0 Å². The molecule has 2 aromatic rings. The molecule has 0 radical (unpaired) electrons. The summed E-state index contributed by atoms with van der Waals surface area (Å²) in [4.78, 5) is 0. The van der Waals surface area contributed by atoms with Gasteiger partial charge in [0.05, 0.1) is 17.3 Å². The van der Waals surface area contributed by atoms with Gasteiger partial charge in [0.25, 0.3) is 0 Å². The summed E-state index contributed by atoms with van der Waals surface area (Å²) < 4.78 is 0. The molecule has 12 heavy (non-hydrogen) atoms. The molecule has 0 amide bonds. The van der Waals surface area contributed by atoms with Crippen molar-refractivity contribution in [1.29, 1.82) is 0 Å². The molecular weight excluding hydrogens is 192 g/mol. The van der Waals surface area contributed by atoms with Gasteiger partial charge in [0.15, 0.2) is 0 Å². The molecule has 2 nitrogen and oxygen atoms in total. The maximum atomic E-state index is 5.63. The van der Waals surface area contributed by atoms with E-state index < -0.39 is 0 Å². The summed E-state index contributed by atoms with van der Waals surface area (Å²) in [6.45, 7) is 0. The van der Waals surface area contributed by atoms with E-state index in [4.69, 9.17) is 11.6 Å². The maximum absolute atomic E-state index is 5.63. The van der Waals surface area contributed by atoms with Crippen molar-refractivity contribution >= 4 is 22.9 Å². The minimum absolute atomic E-state index is 0.483. The van der Waals surface area contributed by atoms with Gasteiger partial charge in [0, 0.05) is 10.9 Å². The van der Waals surface area contributed by atoms with E-state index in [1.165, 1.54) is 0 Å². The maximum Gasteiger partial charge on any atom is 0.0932 e. The fraction of sp³-hybridized carbons (Fsp3) is 0.125. The first-order valence-electron chi connectivity index (χ1n) is 3.53. The van der Waals surface area contributed by atoms with Gasteiger partial charge < -0.3 is 0 Å². The molecule has 0 aliphatic rings. The van der Waals surface area contributed by atoms with E-state index in [1.54, 1.807) is 11.3 Å². The van der Waals surface area contributed by atoms with Crippen LogP contribution in [-0.4, -0.2) is 10.2 Å². The highest BCUT2D eigenvalue weighted by atomic mass is 35.5. The number of nitrogens with zero attached hydrogens (tertiary/aromatic N) is 1. The number of nitrogens with one attached hydrogen (secondary N) is 1. The van der Waals surface area contributed by atoms with Gasteiger partial charge in [-0.25, -0.2) is 0 Å². The number of aromatic amines is 1. The molecule has 0 aliphatic heterocycles. The molecule has 0 spiro atoms. The Hall–Kier alpha value is -0.800. The van der Waals surface area contributed by atoms with Crippen molar-refractivity contribution in [3.8, 4) is 11.3 Å². The van der Waals surface area contributed by atoms with Crippen molar-refractivity contribution in [1.82, 2.24) is 10.2 Å². The van der Waals surface area contributed by atoms with Crippen LogP contribution in [0.2, 0.25) is 0 Å². The number of H-pyrrole nitrogens is 1. The second-order valence-electron chi connectivity index (χ2n) is 2.42. The largest absolute Gasteiger partial charge is 0.281 e. The molecule has 2 rings (SSSR count). The fourth-order valence-electron chi connectivity index (χ4n) is 0.988. The van der Waals surface area contributed by atoms with Gasteiger partial charge in [-0.3, -0.25) is 5.10 Å². The standard InChI is InChI=1S/C8H7ClN2S/c9-4-7-3-8(11-10-7)6-1-2-12-5-6/h1-3,5H,4H2,(H,10,11). The van der Waals surface area contributed by atoms with Crippen LogP contribution in [0.1, 0.15) is 5.69 Å². The number of aromatic nitrogens is 2. The van der Waals surface area contributed by atoms with E-state index in [0.717, 1.165) is 17.0 Å². The van der Waals surface area contributed by atoms with Crippen LogP contribution in [0.25, 0.3) is 11.3 Å². The van der Waals surface area contributed by atoms with Gasteiger partial charge in [0.2, 0.25) is 0 Å². The highest BCUT2D eigenvalue weighted by Gasteiger charge is 2.02. The monoisotopic (exact) mass is 198 g/mol. The topological polar surface area (TPSA) is 28.7 Å². The van der Waals surface area contributed by atoms with Gasteiger partial charge in [-0.1, -0.05) is 0 Å². The van der Waals surface area contributed by atoms with Gasteiger partial charge in [-0.15, -0.1) is 11.6 Å². The highest BCUT2D eigenvalue weighted by Crippen LogP contribution is 2.20. The lowest BCUT2D eigenvalue weighted by atomic mass is 10.2. The Labute approximate surface area is 79.2 Å². The Morgan fingerprint density at radius 3 is 3.08 bits per heavy atom. The SMILES string of the molecule is ClCc1cc(-c2ccsc2)n[nH]1. The lowest BCUT2D eigenvalue weighted by Crippen LogP contribution is -1.74. The third-order valence-electron chi connectivity index (χ3n) is 1.59. The van der Waals surface area contributed by atoms with E-state index in [2.05, 4.69) is 15.6 Å². The Bertz CT molecular complexity index is 353. The number of thiophene rings is 1. The average molecular weight is 199 g/mol. The first-order chi connectivity index (χ1) is 5.90. The predicted octanol–water partition coefficient (Wildman–Crippen LogP) is 2.88. The minimum Gasteiger partial charge on any atom is -0.281 e. The summed E-state index contributed by atoms with van der Waals surface area (Å²) in [5, 5.41) is 11.1. The second-order valence-corrected chi connectivity index (χ2v) is 3.47. The molecular formula is C8H7ClN2S. The van der Waals surface area contributed by atoms with Crippen LogP contribution < -0.4 is 0 Å². The Morgan fingerprint density at radius 2 is 2.50 bits per heavy atom. The van der Waals surface area contributed by atoms with Crippen molar-refractivity contribution in [3.05, 3.63) is 28.6 Å². The van der Waals surface area contributed by atoms with E-state index in [9.17, 15) is 0 Å². The van der Waals surface area contributed by atoms with E-state index in [1.807, 2.05) is 17.5 Å². The molecule has 1 N–H and O–H groups in total. The zero-order chi connectivity index (χ0) is 8.39. The van der Waals surface area contributed by atoms with Crippen molar-refractivity contribution in [3.63, 3.8) is 0 Å². The first-order valence-corrected chi connectivity index (χ1v) is 5.00. The molecule has 0 atom stereocenters. The van der Waals surface area contributed by atoms with Gasteiger partial charge >= 0.3 is 0 Å². The summed E-state index contributed by atoms with van der Waals surface area (Å²) in [7, 11) is 0. The second kappa shape index (κ2) is 3.29. The molecule has 0 bridgehead atoms. The molecule has 0 unspecified atom stereocenters. The normalized spacial score (nSPS) is 10.4. The minimum atomic E-state index is 0.483. The number of halogens is 1. The molecule has 62 valence electrons. The van der Waals surface area contributed by atoms with Crippen LogP contribution in [0.4, 0.5) is 0 Å². The molecule has 2 heterocycles. The van der Waals surface area contributed by atoms with Crippen LogP contribution in [-0.2, 0) is 5.88 Å². The van der Waals surface area contributed by atoms with Gasteiger partial charge in [0.1, 0.15) is 0 Å². The Balaban J connectivity index is 2.35. The number of rotatable bonds is 2. The lowest BCUT2D eigenvalue weighted by molar-refractivity contribution is 1.04. The van der Waals surface area contributed by atoms with Crippen molar-refractivity contribution < 1.29 is 0 Å². The smallest absolute Gasteiger partial charge is 0.0932 e.